The lowest BCUT2D eigenvalue weighted by Gasteiger charge is -2.26. The normalized spacial score (nSPS) is 16.5. The van der Waals surface area contributed by atoms with Crippen LogP contribution in [-0.2, 0) is 6.42 Å². The molecule has 0 saturated heterocycles. The predicted octanol–water partition coefficient (Wildman–Crippen LogP) is 8.54. The van der Waals surface area contributed by atoms with Gasteiger partial charge in [-0.05, 0) is 76.6 Å². The molecule has 0 aliphatic heterocycles. The number of phenolic OH excluding ortho intramolecular Hbond substituents is 1. The molecular formula is C29H36O3. The second-order valence-corrected chi connectivity index (χ2v) is 9.46. The first-order chi connectivity index (χ1) is 15.5. The van der Waals surface area contributed by atoms with Gasteiger partial charge in [0.05, 0.1) is 11.7 Å². The Morgan fingerprint density at radius 2 is 1.97 bits per heavy atom. The topological polar surface area (TPSA) is 42.6 Å². The van der Waals surface area contributed by atoms with Gasteiger partial charge < -0.3 is 14.3 Å². The van der Waals surface area contributed by atoms with Crippen molar-refractivity contribution >= 4 is 11.0 Å². The Bertz CT molecular complexity index is 1070. The van der Waals surface area contributed by atoms with Crippen LogP contribution in [0.3, 0.4) is 0 Å². The number of aromatic hydroxyl groups is 1. The van der Waals surface area contributed by atoms with Crippen LogP contribution in [0.5, 0.6) is 11.5 Å². The number of para-hydroxylation sites is 1. The molecule has 0 fully saturated rings. The Kier molecular flexibility index (Phi) is 6.93. The maximum absolute atomic E-state index is 11.8. The molecule has 0 saturated carbocycles. The zero-order valence-electron chi connectivity index (χ0n) is 19.9. The summed E-state index contributed by atoms with van der Waals surface area (Å²) in [6, 6.07) is 12.3. The summed E-state index contributed by atoms with van der Waals surface area (Å²) in [5, 5.41) is 12.8. The molecule has 4 rings (SSSR count). The molecule has 1 aliphatic rings. The first kappa shape index (κ1) is 22.5. The molecule has 0 radical (unpaired) electrons. The van der Waals surface area contributed by atoms with Crippen molar-refractivity contribution in [2.75, 3.05) is 0 Å². The smallest absolute Gasteiger partial charge is 0.139 e. The van der Waals surface area contributed by atoms with Crippen molar-refractivity contribution in [2.24, 2.45) is 0 Å². The number of ether oxygens (including phenoxy) is 1. The highest BCUT2D eigenvalue weighted by atomic mass is 16.5. The molecule has 1 heterocycles. The van der Waals surface area contributed by atoms with Gasteiger partial charge in [-0.25, -0.2) is 0 Å². The molecular weight excluding hydrogens is 396 g/mol. The molecule has 0 amide bonds. The minimum atomic E-state index is 0.0439. The van der Waals surface area contributed by atoms with Crippen molar-refractivity contribution in [1.82, 2.24) is 0 Å². The molecule has 1 atom stereocenters. The standard InChI is InChI=1S/C29H36O3/c1-5-6-7-13-23-18-25(31-19(2)3)27(22-14-10-11-20(4)16-22)29(30)28(23)26-17-21-12-8-9-15-24(21)32-26/h8-9,12,15-19,22,30H,5-7,10-11,13-14H2,1-4H3/t22-/m0/s1. The first-order valence-corrected chi connectivity index (χ1v) is 12.2. The van der Waals surface area contributed by atoms with E-state index in [0.717, 1.165) is 84.1 Å². The Balaban J connectivity index is 1.92. The Hall–Kier alpha value is -2.68. The van der Waals surface area contributed by atoms with Crippen molar-refractivity contribution in [1.29, 1.82) is 0 Å². The monoisotopic (exact) mass is 432 g/mol. The number of phenols is 1. The number of benzene rings is 2. The molecule has 2 aromatic carbocycles. The number of unbranched alkanes of at least 4 members (excludes halogenated alkanes) is 2. The fourth-order valence-electron chi connectivity index (χ4n) is 4.90. The van der Waals surface area contributed by atoms with Crippen LogP contribution in [0, 0.1) is 0 Å². The van der Waals surface area contributed by atoms with Gasteiger partial charge in [-0.15, -0.1) is 0 Å². The summed E-state index contributed by atoms with van der Waals surface area (Å²) in [6.07, 6.45) is 9.92. The van der Waals surface area contributed by atoms with Crippen molar-refractivity contribution in [2.45, 2.75) is 84.7 Å². The van der Waals surface area contributed by atoms with Crippen molar-refractivity contribution in [3.05, 3.63) is 59.2 Å². The van der Waals surface area contributed by atoms with E-state index in [1.807, 2.05) is 32.0 Å². The van der Waals surface area contributed by atoms with E-state index < -0.39 is 0 Å². The third-order valence-electron chi connectivity index (χ3n) is 6.41. The highest BCUT2D eigenvalue weighted by Gasteiger charge is 2.28. The van der Waals surface area contributed by atoms with Crippen LogP contribution in [0.15, 0.2) is 52.5 Å². The van der Waals surface area contributed by atoms with Gasteiger partial charge >= 0.3 is 0 Å². The fraction of sp³-hybridized carbons (Fsp3) is 0.448. The average molecular weight is 433 g/mol. The lowest BCUT2D eigenvalue weighted by molar-refractivity contribution is 0.237. The SMILES string of the molecule is CCCCCc1cc(OC(C)C)c([C@@H]2C=C(C)CCC2)c(O)c1-c1cc2ccccc2o1. The number of rotatable bonds is 8. The van der Waals surface area contributed by atoms with E-state index in [0.29, 0.717) is 5.75 Å². The lowest BCUT2D eigenvalue weighted by Crippen LogP contribution is -2.12. The maximum Gasteiger partial charge on any atom is 0.139 e. The van der Waals surface area contributed by atoms with Crippen LogP contribution in [0.4, 0.5) is 0 Å². The molecule has 1 N–H and O–H groups in total. The summed E-state index contributed by atoms with van der Waals surface area (Å²) in [5.41, 5.74) is 5.07. The Morgan fingerprint density at radius 3 is 2.69 bits per heavy atom. The van der Waals surface area contributed by atoms with E-state index in [2.05, 4.69) is 38.1 Å². The summed E-state index contributed by atoms with van der Waals surface area (Å²) in [4.78, 5) is 0. The second-order valence-electron chi connectivity index (χ2n) is 9.46. The molecule has 0 unspecified atom stereocenters. The van der Waals surface area contributed by atoms with E-state index in [-0.39, 0.29) is 12.0 Å². The molecule has 170 valence electrons. The number of aryl methyl sites for hydroxylation is 1. The van der Waals surface area contributed by atoms with Gasteiger partial charge in [-0.1, -0.05) is 49.6 Å². The lowest BCUT2D eigenvalue weighted by atomic mass is 9.82. The van der Waals surface area contributed by atoms with Gasteiger partial charge in [0.15, 0.2) is 0 Å². The van der Waals surface area contributed by atoms with E-state index in [1.165, 1.54) is 5.57 Å². The predicted molar refractivity (Wildman–Crippen MR) is 133 cm³/mol. The molecule has 1 aromatic heterocycles. The summed E-state index contributed by atoms with van der Waals surface area (Å²) in [7, 11) is 0. The maximum atomic E-state index is 11.8. The molecule has 0 spiro atoms. The molecule has 3 heteroatoms. The van der Waals surface area contributed by atoms with Crippen molar-refractivity contribution < 1.29 is 14.3 Å². The minimum Gasteiger partial charge on any atom is -0.507 e. The molecule has 1 aliphatic carbocycles. The average Bonchev–Trinajstić information content (AvgIpc) is 3.17. The third kappa shape index (κ3) is 4.72. The summed E-state index contributed by atoms with van der Waals surface area (Å²) >= 11 is 0. The number of fused-ring (bicyclic) bond motifs is 1. The Labute approximate surface area is 192 Å². The van der Waals surface area contributed by atoms with Crippen molar-refractivity contribution in [3.63, 3.8) is 0 Å². The van der Waals surface area contributed by atoms with Gasteiger partial charge in [-0.2, -0.15) is 0 Å². The van der Waals surface area contributed by atoms with Crippen LogP contribution in [-0.4, -0.2) is 11.2 Å². The number of hydrogen-bond acceptors (Lipinski definition) is 3. The third-order valence-corrected chi connectivity index (χ3v) is 6.41. The number of allylic oxidation sites excluding steroid dienone is 2. The minimum absolute atomic E-state index is 0.0439. The van der Waals surface area contributed by atoms with E-state index in [9.17, 15) is 5.11 Å². The van der Waals surface area contributed by atoms with Gasteiger partial charge in [0.25, 0.3) is 0 Å². The zero-order valence-corrected chi connectivity index (χ0v) is 19.9. The van der Waals surface area contributed by atoms with Gasteiger partial charge in [0.2, 0.25) is 0 Å². The first-order valence-electron chi connectivity index (χ1n) is 12.2. The summed E-state index contributed by atoms with van der Waals surface area (Å²) in [6.45, 7) is 8.50. The summed E-state index contributed by atoms with van der Waals surface area (Å²) in [5.74, 6) is 2.04. The zero-order chi connectivity index (χ0) is 22.7. The highest BCUT2D eigenvalue weighted by molar-refractivity contribution is 5.86. The van der Waals surface area contributed by atoms with Crippen LogP contribution >= 0.6 is 0 Å². The van der Waals surface area contributed by atoms with Crippen LogP contribution < -0.4 is 4.74 Å². The van der Waals surface area contributed by atoms with Crippen LogP contribution in [0.1, 0.15) is 83.3 Å². The largest absolute Gasteiger partial charge is 0.507 e. The van der Waals surface area contributed by atoms with E-state index in [1.54, 1.807) is 0 Å². The van der Waals surface area contributed by atoms with Gasteiger partial charge in [0.1, 0.15) is 22.8 Å². The molecule has 3 aromatic rings. The van der Waals surface area contributed by atoms with E-state index >= 15 is 0 Å². The fourth-order valence-corrected chi connectivity index (χ4v) is 4.90. The molecule has 0 bridgehead atoms. The van der Waals surface area contributed by atoms with Crippen LogP contribution in [0.25, 0.3) is 22.3 Å². The van der Waals surface area contributed by atoms with Gasteiger partial charge in [0, 0.05) is 16.9 Å². The van der Waals surface area contributed by atoms with Crippen LogP contribution in [0.2, 0.25) is 0 Å². The van der Waals surface area contributed by atoms with Gasteiger partial charge in [-0.3, -0.25) is 0 Å². The molecule has 32 heavy (non-hydrogen) atoms. The number of furan rings is 1. The molecule has 3 nitrogen and oxygen atoms in total. The highest BCUT2D eigenvalue weighted by Crippen LogP contribution is 2.48. The van der Waals surface area contributed by atoms with E-state index in [4.69, 9.17) is 9.15 Å². The number of hydrogen-bond donors (Lipinski definition) is 1. The van der Waals surface area contributed by atoms with Crippen molar-refractivity contribution in [3.8, 4) is 22.8 Å². The second kappa shape index (κ2) is 9.85. The Morgan fingerprint density at radius 1 is 1.16 bits per heavy atom. The quantitative estimate of drug-likeness (QED) is 0.286. The summed E-state index contributed by atoms with van der Waals surface area (Å²) < 4.78 is 12.5.